The van der Waals surface area contributed by atoms with Crippen LogP contribution in [0.1, 0.15) is 50.4 Å². The first-order valence-corrected chi connectivity index (χ1v) is 12.0. The summed E-state index contributed by atoms with van der Waals surface area (Å²) in [4.78, 5) is 12.2. The third kappa shape index (κ3) is 3.53. The van der Waals surface area contributed by atoms with Crippen molar-refractivity contribution in [1.29, 1.82) is 0 Å². The van der Waals surface area contributed by atoms with Gasteiger partial charge in [-0.1, -0.05) is 31.0 Å². The number of likely N-dealkylation sites (tertiary alicyclic amines) is 1. The van der Waals surface area contributed by atoms with Crippen molar-refractivity contribution in [2.24, 2.45) is 11.8 Å². The number of nitrogens with zero attached hydrogens (tertiary/aromatic N) is 4. The van der Waals surface area contributed by atoms with Gasteiger partial charge in [0.2, 0.25) is 5.88 Å². The van der Waals surface area contributed by atoms with Gasteiger partial charge in [-0.25, -0.2) is 9.97 Å². The Morgan fingerprint density at radius 2 is 1.71 bits per heavy atom. The first-order chi connectivity index (χ1) is 15.3. The molecule has 3 aromatic rings. The second-order valence-electron chi connectivity index (χ2n) is 9.79. The first-order valence-electron chi connectivity index (χ1n) is 12.0. The third-order valence-corrected chi connectivity index (χ3v) is 7.97. The van der Waals surface area contributed by atoms with E-state index in [0.29, 0.717) is 6.04 Å². The van der Waals surface area contributed by atoms with Crippen LogP contribution in [0.4, 0.5) is 0 Å². The maximum Gasteiger partial charge on any atom is 0.213 e. The van der Waals surface area contributed by atoms with Crippen molar-refractivity contribution in [1.82, 2.24) is 19.4 Å². The average Bonchev–Trinajstić information content (AvgIpc) is 3.51. The Kier molecular flexibility index (Phi) is 4.94. The predicted molar refractivity (Wildman–Crippen MR) is 122 cm³/mol. The van der Waals surface area contributed by atoms with Crippen molar-refractivity contribution in [2.45, 2.75) is 63.6 Å². The van der Waals surface area contributed by atoms with Crippen LogP contribution >= 0.6 is 0 Å². The van der Waals surface area contributed by atoms with Gasteiger partial charge in [0.15, 0.2) is 0 Å². The minimum atomic E-state index is 0.121. The number of aryl methyl sites for hydroxylation is 1. The monoisotopic (exact) mass is 416 g/mol. The second-order valence-corrected chi connectivity index (χ2v) is 9.79. The summed E-state index contributed by atoms with van der Waals surface area (Å²) in [6.07, 6.45) is 9.80. The van der Waals surface area contributed by atoms with Crippen LogP contribution in [0.3, 0.4) is 0 Å². The fourth-order valence-corrected chi connectivity index (χ4v) is 6.55. The molecule has 4 atom stereocenters. The van der Waals surface area contributed by atoms with E-state index in [-0.39, 0.29) is 6.10 Å². The number of hydrogen-bond acceptors (Lipinski definition) is 4. The van der Waals surface area contributed by atoms with Gasteiger partial charge in [0.25, 0.3) is 0 Å². The van der Waals surface area contributed by atoms with E-state index in [0.717, 1.165) is 47.9 Å². The van der Waals surface area contributed by atoms with E-state index in [1.807, 2.05) is 24.4 Å². The number of rotatable bonds is 4. The number of aromatic nitrogens is 3. The number of benzene rings is 1. The first kappa shape index (κ1) is 19.3. The molecule has 2 aromatic heterocycles. The number of fused-ring (bicyclic) bond motifs is 2. The maximum atomic E-state index is 6.59. The van der Waals surface area contributed by atoms with Crippen molar-refractivity contribution < 1.29 is 4.74 Å². The van der Waals surface area contributed by atoms with Gasteiger partial charge in [-0.2, -0.15) is 0 Å². The molecule has 0 N–H and O–H groups in total. The summed E-state index contributed by atoms with van der Waals surface area (Å²) >= 11 is 0. The zero-order valence-corrected chi connectivity index (χ0v) is 18.4. The van der Waals surface area contributed by atoms with Gasteiger partial charge in [-0.3, -0.25) is 4.90 Å². The highest BCUT2D eigenvalue weighted by atomic mass is 16.5. The molecule has 0 spiro atoms. The number of hydrogen-bond donors (Lipinski definition) is 0. The number of para-hydroxylation sites is 2. The van der Waals surface area contributed by atoms with Gasteiger partial charge in [-0.05, 0) is 62.6 Å². The average molecular weight is 417 g/mol. The SMILES string of the molecule is Cc1nc2ccccc2n1[C@H]1C[C@H]2CN(C3CCCC3)C[C@H]2C[C@@H]1Oc1ccccn1. The van der Waals surface area contributed by atoms with Crippen molar-refractivity contribution in [2.75, 3.05) is 13.1 Å². The van der Waals surface area contributed by atoms with Gasteiger partial charge in [-0.15, -0.1) is 0 Å². The summed E-state index contributed by atoms with van der Waals surface area (Å²) in [7, 11) is 0. The van der Waals surface area contributed by atoms with E-state index >= 15 is 0 Å². The van der Waals surface area contributed by atoms with Gasteiger partial charge in [0, 0.05) is 31.4 Å². The zero-order valence-electron chi connectivity index (χ0n) is 18.4. The normalized spacial score (nSPS) is 29.5. The second kappa shape index (κ2) is 7.94. The van der Waals surface area contributed by atoms with Crippen LogP contribution in [-0.4, -0.2) is 44.7 Å². The molecule has 31 heavy (non-hydrogen) atoms. The fourth-order valence-electron chi connectivity index (χ4n) is 6.55. The Balaban J connectivity index is 1.33. The van der Waals surface area contributed by atoms with Crippen molar-refractivity contribution in [3.05, 3.63) is 54.5 Å². The molecule has 162 valence electrons. The van der Waals surface area contributed by atoms with Gasteiger partial charge in [0.1, 0.15) is 11.9 Å². The van der Waals surface area contributed by atoms with Crippen LogP contribution in [0, 0.1) is 18.8 Å². The highest BCUT2D eigenvalue weighted by Gasteiger charge is 2.46. The molecule has 1 saturated heterocycles. The summed E-state index contributed by atoms with van der Waals surface area (Å²) in [5.41, 5.74) is 2.31. The summed E-state index contributed by atoms with van der Waals surface area (Å²) < 4.78 is 9.04. The molecule has 2 saturated carbocycles. The Morgan fingerprint density at radius 3 is 2.52 bits per heavy atom. The summed E-state index contributed by atoms with van der Waals surface area (Å²) in [5.74, 6) is 3.30. The van der Waals surface area contributed by atoms with Gasteiger partial charge >= 0.3 is 0 Å². The van der Waals surface area contributed by atoms with E-state index < -0.39 is 0 Å². The highest BCUT2D eigenvalue weighted by molar-refractivity contribution is 5.76. The quantitative estimate of drug-likeness (QED) is 0.599. The van der Waals surface area contributed by atoms with E-state index in [9.17, 15) is 0 Å². The number of pyridine rings is 1. The zero-order chi connectivity index (χ0) is 20.8. The molecule has 0 radical (unpaired) electrons. The Hall–Kier alpha value is -2.40. The van der Waals surface area contributed by atoms with E-state index in [4.69, 9.17) is 9.72 Å². The molecule has 5 heteroatoms. The lowest BCUT2D eigenvalue weighted by Crippen LogP contribution is -2.40. The Bertz CT molecular complexity index is 1040. The van der Waals surface area contributed by atoms with Crippen LogP contribution < -0.4 is 4.74 Å². The van der Waals surface area contributed by atoms with Crippen molar-refractivity contribution >= 4 is 11.0 Å². The molecule has 3 heterocycles. The van der Waals surface area contributed by atoms with E-state index in [2.05, 4.69) is 45.6 Å². The fraction of sp³-hybridized carbons (Fsp3) is 0.538. The third-order valence-electron chi connectivity index (χ3n) is 7.97. The Labute approximate surface area is 184 Å². The molecule has 0 amide bonds. The largest absolute Gasteiger partial charge is 0.472 e. The van der Waals surface area contributed by atoms with Crippen LogP contribution in [0.2, 0.25) is 0 Å². The maximum absolute atomic E-state index is 6.59. The van der Waals surface area contributed by atoms with Crippen LogP contribution in [0.5, 0.6) is 5.88 Å². The minimum Gasteiger partial charge on any atom is -0.472 e. The molecule has 2 aliphatic carbocycles. The molecule has 3 fully saturated rings. The lowest BCUT2D eigenvalue weighted by molar-refractivity contribution is 0.0522. The number of imidazole rings is 1. The Morgan fingerprint density at radius 1 is 0.935 bits per heavy atom. The summed E-state index contributed by atoms with van der Waals surface area (Å²) in [6, 6.07) is 15.6. The molecule has 1 aliphatic heterocycles. The lowest BCUT2D eigenvalue weighted by atomic mass is 9.77. The van der Waals surface area contributed by atoms with Crippen molar-refractivity contribution in [3.63, 3.8) is 0 Å². The standard InChI is InChI=1S/C26H32N4O/c1-18-28-22-10-4-5-11-23(22)30(18)24-14-19-16-29(21-8-2-3-9-21)17-20(19)15-25(24)31-26-12-6-7-13-27-26/h4-7,10-13,19-21,24-25H,2-3,8-9,14-17H2,1H3/t19-,20+,24-,25-/m0/s1. The highest BCUT2D eigenvalue weighted by Crippen LogP contribution is 2.45. The molecule has 0 bridgehead atoms. The molecule has 6 rings (SSSR count). The van der Waals surface area contributed by atoms with Gasteiger partial charge < -0.3 is 9.30 Å². The van der Waals surface area contributed by atoms with Crippen LogP contribution in [0.25, 0.3) is 11.0 Å². The molecule has 0 unspecified atom stereocenters. The summed E-state index contributed by atoms with van der Waals surface area (Å²) in [6.45, 7) is 4.64. The molecular weight excluding hydrogens is 384 g/mol. The topological polar surface area (TPSA) is 43.2 Å². The summed E-state index contributed by atoms with van der Waals surface area (Å²) in [5, 5.41) is 0. The van der Waals surface area contributed by atoms with E-state index in [1.54, 1.807) is 0 Å². The predicted octanol–water partition coefficient (Wildman–Crippen LogP) is 5.01. The van der Waals surface area contributed by atoms with Crippen LogP contribution in [0.15, 0.2) is 48.7 Å². The van der Waals surface area contributed by atoms with Gasteiger partial charge in [0.05, 0.1) is 17.1 Å². The van der Waals surface area contributed by atoms with Crippen molar-refractivity contribution in [3.8, 4) is 5.88 Å². The molecule has 5 nitrogen and oxygen atoms in total. The molecule has 3 aliphatic rings. The number of ether oxygens (including phenoxy) is 1. The smallest absolute Gasteiger partial charge is 0.213 e. The minimum absolute atomic E-state index is 0.121. The lowest BCUT2D eigenvalue weighted by Gasteiger charge is -2.39. The molecule has 1 aromatic carbocycles. The van der Waals surface area contributed by atoms with E-state index in [1.165, 1.54) is 44.3 Å². The van der Waals surface area contributed by atoms with Crippen LogP contribution in [-0.2, 0) is 0 Å². The molecular formula is C26H32N4O.